The number of benzene rings is 2. The summed E-state index contributed by atoms with van der Waals surface area (Å²) in [6, 6.07) is 21.0. The molecule has 1 atom stereocenters. The molecule has 2 aromatic rings. The molecule has 1 aliphatic rings. The van der Waals surface area contributed by atoms with Gasteiger partial charge in [0.15, 0.2) is 0 Å². The lowest BCUT2D eigenvalue weighted by Crippen LogP contribution is -2.37. The summed E-state index contributed by atoms with van der Waals surface area (Å²) in [6.07, 6.45) is 2.43. The van der Waals surface area contributed by atoms with Gasteiger partial charge in [-0.25, -0.2) is 0 Å². The fourth-order valence-corrected chi connectivity index (χ4v) is 3.14. The highest BCUT2D eigenvalue weighted by Crippen LogP contribution is 2.13. The number of rotatable bonds is 6. The molecule has 23 heavy (non-hydrogen) atoms. The van der Waals surface area contributed by atoms with Gasteiger partial charge in [0.1, 0.15) is 0 Å². The van der Waals surface area contributed by atoms with Gasteiger partial charge in [0.2, 0.25) is 5.91 Å². The molecule has 1 N–H and O–H groups in total. The van der Waals surface area contributed by atoms with Gasteiger partial charge in [-0.1, -0.05) is 60.7 Å². The number of hydrogen-bond acceptors (Lipinski definition) is 2. The van der Waals surface area contributed by atoms with Crippen LogP contribution in [0.4, 0.5) is 0 Å². The topological polar surface area (TPSA) is 32.3 Å². The Kier molecular flexibility index (Phi) is 5.43. The minimum Gasteiger partial charge on any atom is -0.352 e. The van der Waals surface area contributed by atoms with Crippen LogP contribution in [0, 0.1) is 0 Å². The Hall–Kier alpha value is -2.13. The summed E-state index contributed by atoms with van der Waals surface area (Å²) in [5.74, 6) is 0.167. The summed E-state index contributed by atoms with van der Waals surface area (Å²) in [4.78, 5) is 14.5. The van der Waals surface area contributed by atoms with Gasteiger partial charge in [0.05, 0.1) is 0 Å². The van der Waals surface area contributed by atoms with E-state index >= 15 is 0 Å². The van der Waals surface area contributed by atoms with Crippen LogP contribution in [0.25, 0.3) is 0 Å². The molecule has 120 valence electrons. The standard InChI is InChI=1S/C20H24N2O/c23-20(12-11-17-7-3-1-4-8-17)21-19-13-14-22(16-19)15-18-9-5-2-6-10-18/h1-10,19H,11-16H2,(H,21,23). The van der Waals surface area contributed by atoms with Gasteiger partial charge in [-0.05, 0) is 24.0 Å². The van der Waals surface area contributed by atoms with Crippen LogP contribution in [-0.2, 0) is 17.8 Å². The maximum Gasteiger partial charge on any atom is 0.220 e. The number of nitrogens with zero attached hydrogens (tertiary/aromatic N) is 1. The van der Waals surface area contributed by atoms with Crippen molar-refractivity contribution in [1.29, 1.82) is 0 Å². The van der Waals surface area contributed by atoms with Gasteiger partial charge >= 0.3 is 0 Å². The van der Waals surface area contributed by atoms with E-state index in [2.05, 4.69) is 46.6 Å². The zero-order valence-corrected chi connectivity index (χ0v) is 13.4. The van der Waals surface area contributed by atoms with Gasteiger partial charge in [-0.15, -0.1) is 0 Å². The Morgan fingerprint density at radius 2 is 1.65 bits per heavy atom. The molecule has 0 aromatic heterocycles. The maximum atomic E-state index is 12.1. The summed E-state index contributed by atoms with van der Waals surface area (Å²) in [6.45, 7) is 2.97. The van der Waals surface area contributed by atoms with Crippen LogP contribution in [0.15, 0.2) is 60.7 Å². The molecule has 2 aromatic carbocycles. The zero-order chi connectivity index (χ0) is 15.9. The molecule has 0 saturated carbocycles. The number of carbonyl (C=O) groups is 1. The van der Waals surface area contributed by atoms with Crippen molar-refractivity contribution in [3.8, 4) is 0 Å². The van der Waals surface area contributed by atoms with E-state index in [9.17, 15) is 4.79 Å². The number of hydrogen-bond donors (Lipinski definition) is 1. The highest BCUT2D eigenvalue weighted by atomic mass is 16.1. The minimum absolute atomic E-state index is 0.167. The van der Waals surface area contributed by atoms with Crippen LogP contribution >= 0.6 is 0 Å². The summed E-state index contributed by atoms with van der Waals surface area (Å²) in [5, 5.41) is 3.18. The van der Waals surface area contributed by atoms with Crippen molar-refractivity contribution in [3.05, 3.63) is 71.8 Å². The van der Waals surface area contributed by atoms with Crippen molar-refractivity contribution in [2.24, 2.45) is 0 Å². The summed E-state index contributed by atoms with van der Waals surface area (Å²) in [5.41, 5.74) is 2.56. The molecule has 0 radical (unpaired) electrons. The van der Waals surface area contributed by atoms with E-state index in [1.165, 1.54) is 11.1 Å². The molecule has 0 aliphatic carbocycles. The Morgan fingerprint density at radius 3 is 2.35 bits per heavy atom. The molecule has 1 saturated heterocycles. The SMILES string of the molecule is O=C(CCc1ccccc1)NC1CCN(Cc2ccccc2)C1. The van der Waals surface area contributed by atoms with Gasteiger partial charge in [-0.2, -0.15) is 0 Å². The smallest absolute Gasteiger partial charge is 0.220 e. The highest BCUT2D eigenvalue weighted by molar-refractivity contribution is 5.76. The van der Waals surface area contributed by atoms with Gasteiger partial charge in [0.25, 0.3) is 0 Å². The van der Waals surface area contributed by atoms with Gasteiger partial charge in [-0.3, -0.25) is 9.69 Å². The molecule has 1 heterocycles. The minimum atomic E-state index is 0.167. The first-order valence-electron chi connectivity index (χ1n) is 8.39. The second-order valence-corrected chi connectivity index (χ2v) is 6.26. The van der Waals surface area contributed by atoms with Crippen LogP contribution in [0.3, 0.4) is 0 Å². The quantitative estimate of drug-likeness (QED) is 0.890. The molecular weight excluding hydrogens is 284 g/mol. The molecule has 1 amide bonds. The van der Waals surface area contributed by atoms with E-state index in [1.54, 1.807) is 0 Å². The van der Waals surface area contributed by atoms with Crippen molar-refractivity contribution in [2.45, 2.75) is 31.8 Å². The fourth-order valence-electron chi connectivity index (χ4n) is 3.14. The number of carbonyl (C=O) groups excluding carboxylic acids is 1. The predicted octanol–water partition coefficient (Wildman–Crippen LogP) is 3.01. The Labute approximate surface area is 138 Å². The summed E-state index contributed by atoms with van der Waals surface area (Å²) < 4.78 is 0. The largest absolute Gasteiger partial charge is 0.352 e. The van der Waals surface area contributed by atoms with Crippen LogP contribution in [0.5, 0.6) is 0 Å². The lowest BCUT2D eigenvalue weighted by atomic mass is 10.1. The van der Waals surface area contributed by atoms with Crippen LogP contribution in [-0.4, -0.2) is 29.9 Å². The van der Waals surface area contributed by atoms with E-state index in [1.807, 2.05) is 24.3 Å². The van der Waals surface area contributed by atoms with Crippen LogP contribution in [0.1, 0.15) is 24.0 Å². The highest BCUT2D eigenvalue weighted by Gasteiger charge is 2.23. The van der Waals surface area contributed by atoms with Crippen molar-refractivity contribution in [1.82, 2.24) is 10.2 Å². The number of likely N-dealkylation sites (tertiary alicyclic amines) is 1. The first-order chi connectivity index (χ1) is 11.3. The molecule has 0 spiro atoms. The molecule has 1 aliphatic heterocycles. The van der Waals surface area contributed by atoms with Gasteiger partial charge < -0.3 is 5.32 Å². The Balaban J connectivity index is 1.40. The molecule has 3 rings (SSSR count). The van der Waals surface area contributed by atoms with Gasteiger partial charge in [0, 0.05) is 32.1 Å². The first-order valence-corrected chi connectivity index (χ1v) is 8.39. The first kappa shape index (κ1) is 15.8. The van der Waals surface area contributed by atoms with Crippen LogP contribution in [0.2, 0.25) is 0 Å². The average molecular weight is 308 g/mol. The molecular formula is C20H24N2O. The van der Waals surface area contributed by atoms with Crippen molar-refractivity contribution in [3.63, 3.8) is 0 Å². The lowest BCUT2D eigenvalue weighted by Gasteiger charge is -2.16. The van der Waals surface area contributed by atoms with E-state index < -0.39 is 0 Å². The maximum absolute atomic E-state index is 12.1. The summed E-state index contributed by atoms with van der Waals surface area (Å²) in [7, 11) is 0. The van der Waals surface area contributed by atoms with Crippen molar-refractivity contribution >= 4 is 5.91 Å². The normalized spacial score (nSPS) is 18.0. The second kappa shape index (κ2) is 7.93. The second-order valence-electron chi connectivity index (χ2n) is 6.26. The van der Waals surface area contributed by atoms with E-state index in [-0.39, 0.29) is 5.91 Å². The summed E-state index contributed by atoms with van der Waals surface area (Å²) >= 11 is 0. The molecule has 1 unspecified atom stereocenters. The zero-order valence-electron chi connectivity index (χ0n) is 13.4. The number of amides is 1. The van der Waals surface area contributed by atoms with Crippen molar-refractivity contribution < 1.29 is 4.79 Å². The van der Waals surface area contributed by atoms with E-state index in [0.717, 1.165) is 32.5 Å². The molecule has 1 fully saturated rings. The van der Waals surface area contributed by atoms with Crippen LogP contribution < -0.4 is 5.32 Å². The fraction of sp³-hybridized carbons (Fsp3) is 0.350. The third-order valence-corrected chi connectivity index (χ3v) is 4.37. The van der Waals surface area contributed by atoms with E-state index in [4.69, 9.17) is 0 Å². The molecule has 3 nitrogen and oxygen atoms in total. The lowest BCUT2D eigenvalue weighted by molar-refractivity contribution is -0.121. The predicted molar refractivity (Wildman–Crippen MR) is 93.0 cm³/mol. The number of aryl methyl sites for hydroxylation is 1. The average Bonchev–Trinajstić information content (AvgIpc) is 3.02. The third kappa shape index (κ3) is 4.93. The monoisotopic (exact) mass is 308 g/mol. The number of nitrogens with one attached hydrogen (secondary N) is 1. The molecule has 0 bridgehead atoms. The Bertz CT molecular complexity index is 612. The third-order valence-electron chi connectivity index (χ3n) is 4.37. The van der Waals surface area contributed by atoms with Crippen molar-refractivity contribution in [2.75, 3.05) is 13.1 Å². The Morgan fingerprint density at radius 1 is 1.00 bits per heavy atom. The van der Waals surface area contributed by atoms with E-state index in [0.29, 0.717) is 12.5 Å². The molecule has 3 heteroatoms.